The smallest absolute Gasteiger partial charge is 0.306 e. The lowest BCUT2D eigenvalue weighted by Gasteiger charge is -2.18. The number of hydrogen-bond acceptors (Lipinski definition) is 5. The van der Waals surface area contributed by atoms with E-state index in [-0.39, 0.29) is 38.0 Å². The minimum atomic E-state index is -0.618. The van der Waals surface area contributed by atoms with Gasteiger partial charge in [-0.15, -0.1) is 0 Å². The van der Waals surface area contributed by atoms with Crippen molar-refractivity contribution in [1.29, 1.82) is 0 Å². The summed E-state index contributed by atoms with van der Waals surface area (Å²) >= 11 is 0. The maximum absolute atomic E-state index is 12.7. The van der Waals surface area contributed by atoms with Crippen LogP contribution in [-0.4, -0.2) is 37.9 Å². The standard InChI is InChI=1S/C53H82O5/c1-4-7-10-13-16-19-22-25-26-27-30-33-36-39-42-45-48-56-49-51(58-53(55)47-44-41-38-35-32-29-24-21-18-15-12-9-6-3)50-57-52(54)46-43-40-37-34-31-28-23-20-17-14-11-8-5-2/h7-12,16-21,25-26,28-29,31-32,37-38,40-41,51H,4-6,13-15,22-24,27,30,33-36,39,42-50H2,1-3H3/b10-7-,11-8-,12-9-,19-16-,20-17-,21-18-,26-25-,31-28-,32-29-,40-37-,41-38-. The lowest BCUT2D eigenvalue weighted by atomic mass is 10.1. The maximum Gasteiger partial charge on any atom is 0.306 e. The fourth-order valence-electron chi connectivity index (χ4n) is 5.43. The lowest BCUT2D eigenvalue weighted by molar-refractivity contribution is -0.162. The Kier molecular flexibility index (Phi) is 44.2. The highest BCUT2D eigenvalue weighted by Crippen LogP contribution is 2.10. The van der Waals surface area contributed by atoms with E-state index in [1.165, 1.54) is 25.7 Å². The van der Waals surface area contributed by atoms with Gasteiger partial charge in [-0.2, -0.15) is 0 Å². The van der Waals surface area contributed by atoms with Crippen LogP contribution in [0.1, 0.15) is 162 Å². The molecule has 0 aromatic rings. The minimum Gasteiger partial charge on any atom is -0.462 e. The molecule has 0 saturated carbocycles. The summed E-state index contributed by atoms with van der Waals surface area (Å²) < 4.78 is 17.2. The van der Waals surface area contributed by atoms with Gasteiger partial charge in [-0.1, -0.05) is 180 Å². The first-order valence-electron chi connectivity index (χ1n) is 22.7. The van der Waals surface area contributed by atoms with Crippen molar-refractivity contribution < 1.29 is 23.8 Å². The van der Waals surface area contributed by atoms with Crippen LogP contribution in [0.4, 0.5) is 0 Å². The molecule has 0 aliphatic carbocycles. The molecule has 1 unspecified atom stereocenters. The quantitative estimate of drug-likeness (QED) is 0.0352. The Bertz CT molecular complexity index is 1270. The van der Waals surface area contributed by atoms with Crippen molar-refractivity contribution in [2.24, 2.45) is 0 Å². The number of rotatable bonds is 39. The van der Waals surface area contributed by atoms with Crippen LogP contribution in [0.3, 0.4) is 0 Å². The van der Waals surface area contributed by atoms with E-state index < -0.39 is 6.10 Å². The molecule has 0 amide bonds. The normalized spacial score (nSPS) is 13.5. The van der Waals surface area contributed by atoms with Gasteiger partial charge in [0.1, 0.15) is 6.61 Å². The number of ether oxygens (including phenoxy) is 3. The molecule has 0 aliphatic rings. The molecule has 0 fully saturated rings. The maximum atomic E-state index is 12.7. The van der Waals surface area contributed by atoms with Crippen LogP contribution in [0.25, 0.3) is 0 Å². The molecule has 0 N–H and O–H groups in total. The number of hydrogen-bond donors (Lipinski definition) is 0. The van der Waals surface area contributed by atoms with Gasteiger partial charge in [-0.3, -0.25) is 9.59 Å². The number of esters is 2. The van der Waals surface area contributed by atoms with Gasteiger partial charge in [0.2, 0.25) is 0 Å². The molecule has 0 heterocycles. The summed E-state index contributed by atoms with van der Waals surface area (Å²) in [6, 6.07) is 0. The summed E-state index contributed by atoms with van der Waals surface area (Å²) in [4.78, 5) is 25.2. The van der Waals surface area contributed by atoms with Gasteiger partial charge in [0, 0.05) is 19.4 Å². The van der Waals surface area contributed by atoms with E-state index in [1.54, 1.807) is 0 Å². The number of carbonyl (C=O) groups excluding carboxylic acids is 2. The van der Waals surface area contributed by atoms with Crippen LogP contribution in [0, 0.1) is 0 Å². The number of unbranched alkanes of at least 4 members (excludes halogenated alkanes) is 6. The first kappa shape index (κ1) is 54.0. The molecule has 5 nitrogen and oxygen atoms in total. The molecule has 58 heavy (non-hydrogen) atoms. The van der Waals surface area contributed by atoms with Crippen LogP contribution >= 0.6 is 0 Å². The lowest BCUT2D eigenvalue weighted by Crippen LogP contribution is -2.30. The SMILES string of the molecule is CC/C=C\C/C=C\C/C=C\C/C=C\CCC(=O)OCC(COCCCCCCCC/C=C\C/C=C\C/C=C\CC)OC(=O)CC/C=C\C/C=C\C/C=C\C/C=C\CC. The second kappa shape index (κ2) is 47.4. The van der Waals surface area contributed by atoms with Crippen molar-refractivity contribution in [3.63, 3.8) is 0 Å². The monoisotopic (exact) mass is 799 g/mol. The molecule has 0 aromatic carbocycles. The van der Waals surface area contributed by atoms with Gasteiger partial charge >= 0.3 is 11.9 Å². The zero-order chi connectivity index (χ0) is 42.1. The third-order valence-corrected chi connectivity index (χ3v) is 8.69. The van der Waals surface area contributed by atoms with E-state index in [0.717, 1.165) is 89.9 Å². The Morgan fingerprint density at radius 3 is 1.16 bits per heavy atom. The van der Waals surface area contributed by atoms with Crippen molar-refractivity contribution in [2.75, 3.05) is 19.8 Å². The molecular weight excluding hydrogens is 717 g/mol. The molecule has 0 spiro atoms. The summed E-state index contributed by atoms with van der Waals surface area (Å²) in [5.74, 6) is -0.607. The molecule has 0 radical (unpaired) electrons. The average molecular weight is 799 g/mol. The van der Waals surface area contributed by atoms with Gasteiger partial charge in [0.15, 0.2) is 6.10 Å². The van der Waals surface area contributed by atoms with Crippen LogP contribution < -0.4 is 0 Å². The van der Waals surface area contributed by atoms with Crippen LogP contribution in [-0.2, 0) is 23.8 Å². The van der Waals surface area contributed by atoms with Crippen molar-refractivity contribution in [3.05, 3.63) is 134 Å². The Morgan fingerprint density at radius 2 is 0.724 bits per heavy atom. The van der Waals surface area contributed by atoms with Crippen LogP contribution in [0.2, 0.25) is 0 Å². The van der Waals surface area contributed by atoms with E-state index in [4.69, 9.17) is 14.2 Å². The second-order valence-corrected chi connectivity index (χ2v) is 14.2. The van der Waals surface area contributed by atoms with Gasteiger partial charge < -0.3 is 14.2 Å². The largest absolute Gasteiger partial charge is 0.462 e. The summed E-state index contributed by atoms with van der Waals surface area (Å²) in [6.07, 6.45) is 67.7. The van der Waals surface area contributed by atoms with Crippen molar-refractivity contribution >= 4 is 11.9 Å². The van der Waals surface area contributed by atoms with E-state index >= 15 is 0 Å². The third-order valence-electron chi connectivity index (χ3n) is 8.69. The zero-order valence-electron chi connectivity index (χ0n) is 37.0. The summed E-state index contributed by atoms with van der Waals surface area (Å²) in [6.45, 7) is 7.26. The van der Waals surface area contributed by atoms with E-state index in [9.17, 15) is 9.59 Å². The van der Waals surface area contributed by atoms with Crippen molar-refractivity contribution in [1.82, 2.24) is 0 Å². The predicted molar refractivity (Wildman–Crippen MR) is 251 cm³/mol. The molecule has 0 bridgehead atoms. The molecule has 0 aliphatic heterocycles. The summed E-state index contributed by atoms with van der Waals surface area (Å²) in [5, 5.41) is 0. The Hall–Kier alpha value is -3.96. The Morgan fingerprint density at radius 1 is 0.379 bits per heavy atom. The second-order valence-electron chi connectivity index (χ2n) is 14.2. The van der Waals surface area contributed by atoms with Gasteiger partial charge in [-0.05, 0) is 103 Å². The molecular formula is C53H82O5. The van der Waals surface area contributed by atoms with E-state index in [1.807, 2.05) is 12.2 Å². The molecule has 324 valence electrons. The molecule has 0 rings (SSSR count). The third kappa shape index (κ3) is 44.8. The fourth-order valence-corrected chi connectivity index (χ4v) is 5.43. The highest BCUT2D eigenvalue weighted by Gasteiger charge is 2.17. The molecule has 5 heteroatoms. The topological polar surface area (TPSA) is 61.8 Å². The first-order chi connectivity index (χ1) is 28.6. The van der Waals surface area contributed by atoms with Crippen molar-refractivity contribution in [3.8, 4) is 0 Å². The zero-order valence-corrected chi connectivity index (χ0v) is 37.0. The van der Waals surface area contributed by atoms with E-state index in [2.05, 4.69) is 142 Å². The highest BCUT2D eigenvalue weighted by molar-refractivity contribution is 5.70. The number of carbonyl (C=O) groups is 2. The average Bonchev–Trinajstić information content (AvgIpc) is 3.22. The minimum absolute atomic E-state index is 0.00376. The van der Waals surface area contributed by atoms with Gasteiger partial charge in [0.25, 0.3) is 0 Å². The van der Waals surface area contributed by atoms with Gasteiger partial charge in [0.05, 0.1) is 6.61 Å². The Balaban J connectivity index is 4.51. The van der Waals surface area contributed by atoms with Crippen LogP contribution in [0.5, 0.6) is 0 Å². The summed E-state index contributed by atoms with van der Waals surface area (Å²) in [5.41, 5.74) is 0. The Labute approximate surface area is 356 Å². The van der Waals surface area contributed by atoms with Crippen molar-refractivity contribution in [2.45, 2.75) is 168 Å². The molecule has 0 aromatic heterocycles. The fraction of sp³-hybridized carbons (Fsp3) is 0.547. The van der Waals surface area contributed by atoms with Gasteiger partial charge in [-0.25, -0.2) is 0 Å². The summed E-state index contributed by atoms with van der Waals surface area (Å²) in [7, 11) is 0. The highest BCUT2D eigenvalue weighted by atomic mass is 16.6. The first-order valence-corrected chi connectivity index (χ1v) is 22.7. The van der Waals surface area contributed by atoms with E-state index in [0.29, 0.717) is 19.4 Å². The predicted octanol–water partition coefficient (Wildman–Crippen LogP) is 15.2. The molecule has 0 saturated heterocycles. The number of allylic oxidation sites excluding steroid dienone is 22. The van der Waals surface area contributed by atoms with Crippen LogP contribution in [0.15, 0.2) is 134 Å². The molecule has 1 atom stereocenters.